The Morgan fingerprint density at radius 1 is 1.20 bits per heavy atom. The summed E-state index contributed by atoms with van der Waals surface area (Å²) < 4.78 is 0. The van der Waals surface area contributed by atoms with Crippen molar-refractivity contribution in [3.8, 4) is 0 Å². The van der Waals surface area contributed by atoms with Crippen LogP contribution in [0.1, 0.15) is 49.9 Å². The highest BCUT2D eigenvalue weighted by Gasteiger charge is 2.36. The Morgan fingerprint density at radius 3 is 2.50 bits per heavy atom. The molecule has 2 N–H and O–H groups in total. The summed E-state index contributed by atoms with van der Waals surface area (Å²) in [5.74, 6) is 0. The molecule has 0 amide bonds. The van der Waals surface area contributed by atoms with Gasteiger partial charge in [0.25, 0.3) is 0 Å². The molecule has 0 saturated heterocycles. The number of nitrogens with zero attached hydrogens (tertiary/aromatic N) is 1. The Morgan fingerprint density at radius 2 is 1.90 bits per heavy atom. The summed E-state index contributed by atoms with van der Waals surface area (Å²) in [6, 6.07) is 10.6. The third kappa shape index (κ3) is 2.60. The van der Waals surface area contributed by atoms with E-state index in [1.807, 2.05) is 18.2 Å². The van der Waals surface area contributed by atoms with Crippen LogP contribution in [-0.2, 0) is 5.54 Å². The van der Waals surface area contributed by atoms with Gasteiger partial charge in [0.05, 0.1) is 5.69 Å². The molecule has 1 saturated carbocycles. The maximum Gasteiger partial charge on any atom is 0.0518 e. The van der Waals surface area contributed by atoms with Gasteiger partial charge in [-0.2, -0.15) is 5.10 Å². The van der Waals surface area contributed by atoms with Crippen LogP contribution in [-0.4, -0.2) is 10.2 Å². The molecule has 106 valence electrons. The number of nitrogens with one attached hydrogen (secondary N) is 2. The lowest BCUT2D eigenvalue weighted by molar-refractivity contribution is 0.302. The van der Waals surface area contributed by atoms with Gasteiger partial charge in [0.15, 0.2) is 0 Å². The van der Waals surface area contributed by atoms with Gasteiger partial charge in [-0.25, -0.2) is 0 Å². The summed E-state index contributed by atoms with van der Waals surface area (Å²) in [6.45, 7) is 2.18. The molecule has 1 aliphatic rings. The molecule has 1 aromatic carbocycles. The molecular formula is C16H20ClN3. The molecule has 3 rings (SSSR count). The average molecular weight is 290 g/mol. The minimum atomic E-state index is 0.0646. The van der Waals surface area contributed by atoms with Gasteiger partial charge in [-0.15, -0.1) is 0 Å². The molecular weight excluding hydrogens is 270 g/mol. The Labute approximate surface area is 124 Å². The molecule has 0 bridgehead atoms. The van der Waals surface area contributed by atoms with Gasteiger partial charge in [0, 0.05) is 22.8 Å². The number of hydrogen-bond acceptors (Lipinski definition) is 2. The van der Waals surface area contributed by atoms with Crippen molar-refractivity contribution in [2.45, 2.75) is 44.2 Å². The maximum absolute atomic E-state index is 6.02. The SMILES string of the molecule is CC(NC1(c2ccc(Cl)cc2)CCCC1)c1ccn[nH]1. The topological polar surface area (TPSA) is 40.7 Å². The molecule has 1 unspecified atom stereocenters. The predicted molar refractivity (Wildman–Crippen MR) is 81.7 cm³/mol. The van der Waals surface area contributed by atoms with Crippen LogP contribution in [0.25, 0.3) is 0 Å². The van der Waals surface area contributed by atoms with Crippen molar-refractivity contribution in [2.24, 2.45) is 0 Å². The molecule has 1 aromatic heterocycles. The summed E-state index contributed by atoms with van der Waals surface area (Å²) in [6.07, 6.45) is 6.69. The van der Waals surface area contributed by atoms with Gasteiger partial charge in [-0.3, -0.25) is 10.4 Å². The fraction of sp³-hybridized carbons (Fsp3) is 0.438. The van der Waals surface area contributed by atoms with Crippen LogP contribution in [0.4, 0.5) is 0 Å². The molecule has 2 aromatic rings. The van der Waals surface area contributed by atoms with Gasteiger partial charge >= 0.3 is 0 Å². The number of hydrogen-bond donors (Lipinski definition) is 2. The Bertz CT molecular complexity index is 542. The standard InChI is InChI=1S/C16H20ClN3/c1-12(15-8-11-18-20-15)19-16(9-2-3-10-16)13-4-6-14(17)7-5-13/h4-8,11-12,19H,2-3,9-10H2,1H3,(H,18,20). The molecule has 1 fully saturated rings. The second-order valence-electron chi connectivity index (χ2n) is 5.67. The third-order valence-electron chi connectivity index (χ3n) is 4.34. The van der Waals surface area contributed by atoms with Crippen molar-refractivity contribution in [3.05, 3.63) is 52.8 Å². The summed E-state index contributed by atoms with van der Waals surface area (Å²) >= 11 is 6.02. The van der Waals surface area contributed by atoms with Crippen molar-refractivity contribution in [3.63, 3.8) is 0 Å². The fourth-order valence-electron chi connectivity index (χ4n) is 3.26. The molecule has 20 heavy (non-hydrogen) atoms. The molecule has 1 atom stereocenters. The van der Waals surface area contributed by atoms with Crippen LogP contribution in [0.2, 0.25) is 5.02 Å². The summed E-state index contributed by atoms with van der Waals surface area (Å²) in [5, 5.41) is 11.7. The monoisotopic (exact) mass is 289 g/mol. The van der Waals surface area contributed by atoms with E-state index >= 15 is 0 Å². The highest BCUT2D eigenvalue weighted by Crippen LogP contribution is 2.40. The zero-order valence-corrected chi connectivity index (χ0v) is 12.5. The largest absolute Gasteiger partial charge is 0.299 e. The zero-order chi connectivity index (χ0) is 14.0. The van der Waals surface area contributed by atoms with E-state index in [1.54, 1.807) is 6.20 Å². The molecule has 0 radical (unpaired) electrons. The fourth-order valence-corrected chi connectivity index (χ4v) is 3.39. The summed E-state index contributed by atoms with van der Waals surface area (Å²) in [7, 11) is 0. The van der Waals surface area contributed by atoms with Gasteiger partial charge in [0.1, 0.15) is 0 Å². The van der Waals surface area contributed by atoms with E-state index in [1.165, 1.54) is 31.2 Å². The van der Waals surface area contributed by atoms with Crippen molar-refractivity contribution >= 4 is 11.6 Å². The maximum atomic E-state index is 6.02. The van der Waals surface area contributed by atoms with Gasteiger partial charge < -0.3 is 0 Å². The number of aromatic nitrogens is 2. The quantitative estimate of drug-likeness (QED) is 0.886. The lowest BCUT2D eigenvalue weighted by Crippen LogP contribution is -2.41. The van der Waals surface area contributed by atoms with E-state index in [0.717, 1.165) is 10.7 Å². The van der Waals surface area contributed by atoms with E-state index in [0.29, 0.717) is 0 Å². The van der Waals surface area contributed by atoms with Crippen LogP contribution in [0.15, 0.2) is 36.5 Å². The van der Waals surface area contributed by atoms with Crippen LogP contribution in [0, 0.1) is 0 Å². The van der Waals surface area contributed by atoms with Crippen LogP contribution in [0.5, 0.6) is 0 Å². The normalized spacial score (nSPS) is 19.1. The van der Waals surface area contributed by atoms with Crippen molar-refractivity contribution < 1.29 is 0 Å². The summed E-state index contributed by atoms with van der Waals surface area (Å²) in [4.78, 5) is 0. The second-order valence-corrected chi connectivity index (χ2v) is 6.11. The Balaban J connectivity index is 1.86. The van der Waals surface area contributed by atoms with E-state index in [2.05, 4.69) is 34.6 Å². The average Bonchev–Trinajstić information content (AvgIpc) is 3.10. The smallest absolute Gasteiger partial charge is 0.0518 e. The molecule has 4 heteroatoms. The number of benzene rings is 1. The molecule has 1 heterocycles. The lowest BCUT2D eigenvalue weighted by atomic mass is 9.87. The Hall–Kier alpha value is -1.32. The highest BCUT2D eigenvalue weighted by molar-refractivity contribution is 6.30. The second kappa shape index (κ2) is 5.58. The third-order valence-corrected chi connectivity index (χ3v) is 4.59. The highest BCUT2D eigenvalue weighted by atomic mass is 35.5. The number of aromatic amines is 1. The van der Waals surface area contributed by atoms with Gasteiger partial charge in [-0.1, -0.05) is 36.6 Å². The minimum absolute atomic E-state index is 0.0646. The van der Waals surface area contributed by atoms with E-state index in [9.17, 15) is 0 Å². The predicted octanol–water partition coefficient (Wildman–Crippen LogP) is 4.18. The lowest BCUT2D eigenvalue weighted by Gasteiger charge is -2.34. The minimum Gasteiger partial charge on any atom is -0.299 e. The van der Waals surface area contributed by atoms with E-state index in [-0.39, 0.29) is 11.6 Å². The Kier molecular flexibility index (Phi) is 3.81. The van der Waals surface area contributed by atoms with Crippen molar-refractivity contribution in [1.82, 2.24) is 15.5 Å². The first-order valence-electron chi connectivity index (χ1n) is 7.23. The first-order valence-corrected chi connectivity index (χ1v) is 7.60. The summed E-state index contributed by atoms with van der Waals surface area (Å²) in [5.41, 5.74) is 2.53. The van der Waals surface area contributed by atoms with Crippen molar-refractivity contribution in [1.29, 1.82) is 0 Å². The van der Waals surface area contributed by atoms with Gasteiger partial charge in [-0.05, 0) is 43.5 Å². The van der Waals surface area contributed by atoms with Crippen LogP contribution >= 0.6 is 11.6 Å². The van der Waals surface area contributed by atoms with E-state index in [4.69, 9.17) is 11.6 Å². The van der Waals surface area contributed by atoms with Crippen LogP contribution < -0.4 is 5.32 Å². The van der Waals surface area contributed by atoms with Crippen molar-refractivity contribution in [2.75, 3.05) is 0 Å². The number of halogens is 1. The first kappa shape index (κ1) is 13.7. The van der Waals surface area contributed by atoms with Gasteiger partial charge in [0.2, 0.25) is 0 Å². The molecule has 1 aliphatic carbocycles. The number of rotatable bonds is 4. The number of H-pyrrole nitrogens is 1. The molecule has 0 aliphatic heterocycles. The molecule has 0 spiro atoms. The molecule has 3 nitrogen and oxygen atoms in total. The van der Waals surface area contributed by atoms with E-state index < -0.39 is 0 Å². The van der Waals surface area contributed by atoms with Crippen LogP contribution in [0.3, 0.4) is 0 Å². The first-order chi connectivity index (χ1) is 9.70. The zero-order valence-electron chi connectivity index (χ0n) is 11.7.